The molecule has 0 aliphatic heterocycles. The van der Waals surface area contributed by atoms with Gasteiger partial charge in [0.05, 0.1) is 31.8 Å². The summed E-state index contributed by atoms with van der Waals surface area (Å²) >= 11 is 0. The summed E-state index contributed by atoms with van der Waals surface area (Å²) in [5.74, 6) is -2.00. The first-order chi connectivity index (χ1) is 13.2. The molecule has 0 aromatic rings. The maximum absolute atomic E-state index is 9.28. The van der Waals surface area contributed by atoms with Gasteiger partial charge in [-0.1, -0.05) is 0 Å². The molecule has 0 aromatic heterocycles. The van der Waals surface area contributed by atoms with Crippen molar-refractivity contribution in [2.24, 2.45) is 5.41 Å². The van der Waals surface area contributed by atoms with Crippen molar-refractivity contribution in [1.82, 2.24) is 0 Å². The average molecular weight is 428 g/mol. The minimum absolute atomic E-state index is 0.403. The number of hydrogen-bond donors (Lipinski definition) is 8. The molecule has 0 amide bonds. The molecule has 14 nitrogen and oxygen atoms in total. The first kappa shape index (κ1) is 36.5. The number of carboxylic acid groups (broad SMARTS) is 4. The van der Waals surface area contributed by atoms with Crippen LogP contribution in [0.25, 0.3) is 0 Å². The van der Waals surface area contributed by atoms with Gasteiger partial charge in [-0.3, -0.25) is 9.59 Å². The van der Waals surface area contributed by atoms with E-state index in [9.17, 15) is 9.59 Å². The molecule has 0 heterocycles. The highest BCUT2D eigenvalue weighted by atomic mass is 16.4. The monoisotopic (exact) mass is 428 g/mol. The van der Waals surface area contributed by atoms with E-state index in [1.54, 1.807) is 0 Å². The van der Waals surface area contributed by atoms with Crippen LogP contribution in [0.2, 0.25) is 0 Å². The van der Waals surface area contributed by atoms with E-state index in [4.69, 9.17) is 60.0 Å². The van der Waals surface area contributed by atoms with E-state index < -0.39 is 55.7 Å². The van der Waals surface area contributed by atoms with Crippen LogP contribution in [0.1, 0.15) is 13.8 Å². The van der Waals surface area contributed by atoms with Crippen LogP contribution in [-0.2, 0) is 28.8 Å². The average Bonchev–Trinajstić information content (AvgIpc) is 2.57. The summed E-state index contributed by atoms with van der Waals surface area (Å²) in [6, 6.07) is 0. The molecule has 0 atom stereocenters. The molecule has 0 fully saturated rings. The lowest BCUT2D eigenvalue weighted by Crippen LogP contribution is -2.37. The quantitative estimate of drug-likeness (QED) is 0.155. The molecule has 0 rings (SSSR count). The van der Waals surface area contributed by atoms with Crippen molar-refractivity contribution in [2.45, 2.75) is 13.8 Å². The number of carboxylic acids is 4. The number of aliphatic carboxylic acids is 4. The zero-order valence-electron chi connectivity index (χ0n) is 15.5. The third-order valence-corrected chi connectivity index (χ3v) is 1.71. The van der Waals surface area contributed by atoms with Gasteiger partial charge in [0.25, 0.3) is 11.9 Å². The fraction of sp³-hybridized carbons (Fsp3) is 0.467. The van der Waals surface area contributed by atoms with E-state index in [2.05, 4.69) is 0 Å². The smallest absolute Gasteiger partial charge is 0.339 e. The molecule has 0 saturated heterocycles. The zero-order valence-corrected chi connectivity index (χ0v) is 15.5. The first-order valence-corrected chi connectivity index (χ1v) is 6.95. The van der Waals surface area contributed by atoms with Crippen molar-refractivity contribution in [1.29, 1.82) is 0 Å². The van der Waals surface area contributed by atoms with Crippen molar-refractivity contribution >= 4 is 35.8 Å². The second-order valence-corrected chi connectivity index (χ2v) is 4.37. The van der Waals surface area contributed by atoms with Crippen LogP contribution < -0.4 is 0 Å². The van der Waals surface area contributed by atoms with E-state index in [-0.39, 0.29) is 0 Å². The molecule has 29 heavy (non-hydrogen) atoms. The van der Waals surface area contributed by atoms with Gasteiger partial charge in [-0.25, -0.2) is 19.2 Å². The Bertz CT molecular complexity index is 486. The van der Waals surface area contributed by atoms with Gasteiger partial charge in [-0.2, -0.15) is 0 Å². The Balaban J connectivity index is -0.0000000860. The molecular weight excluding hydrogens is 404 g/mol. The predicted octanol–water partition coefficient (Wildman–Crippen LogP) is -2.96. The second-order valence-electron chi connectivity index (χ2n) is 4.37. The zero-order chi connectivity index (χ0) is 24.5. The van der Waals surface area contributed by atoms with Gasteiger partial charge >= 0.3 is 11.9 Å². The van der Waals surface area contributed by atoms with Crippen LogP contribution in [0.3, 0.4) is 0 Å². The number of hydrogen-bond acceptors (Lipinski definition) is 10. The van der Waals surface area contributed by atoms with Gasteiger partial charge in [0.2, 0.25) is 0 Å². The molecule has 14 heteroatoms. The Morgan fingerprint density at radius 2 is 0.828 bits per heavy atom. The standard InChI is InChI=1S/C5H12O4.2C3H2O3.2C2H4O2/c6-1-5(2-7,3-8)4-9;2*4-2-1-3(5)6;2*1-2(3)4/h6-9H,1-4H2;2*1H,(H,5,6);2*1H3,(H,3,4). The third kappa shape index (κ3) is 58.9. The summed E-state index contributed by atoms with van der Waals surface area (Å²) in [6.07, 6.45) is 0.806. The van der Waals surface area contributed by atoms with Crippen LogP contribution in [0.5, 0.6) is 0 Å². The molecule has 0 aliphatic rings. The molecule has 0 aliphatic carbocycles. The first-order valence-electron chi connectivity index (χ1n) is 6.95. The number of aliphatic hydroxyl groups is 4. The van der Waals surface area contributed by atoms with Crippen LogP contribution in [-0.4, -0.2) is 103 Å². The van der Waals surface area contributed by atoms with Crippen molar-refractivity contribution < 1.29 is 69.6 Å². The SMILES string of the molecule is CC(=O)O.CC(=O)O.O=C=CC(=O)O.O=C=CC(=O)O.OCC(CO)(CO)CO. The van der Waals surface area contributed by atoms with E-state index in [0.29, 0.717) is 12.2 Å². The van der Waals surface area contributed by atoms with Gasteiger partial charge < -0.3 is 40.9 Å². The Hall–Kier alpha value is -3.38. The van der Waals surface area contributed by atoms with E-state index in [0.717, 1.165) is 25.7 Å². The van der Waals surface area contributed by atoms with Gasteiger partial charge in [0, 0.05) is 13.8 Å². The minimum Gasteiger partial charge on any atom is -0.481 e. The van der Waals surface area contributed by atoms with Crippen LogP contribution in [0.15, 0.2) is 12.2 Å². The highest BCUT2D eigenvalue weighted by molar-refractivity contribution is 5.88. The van der Waals surface area contributed by atoms with Gasteiger partial charge in [0.15, 0.2) is 0 Å². The Labute approximate surface area is 164 Å². The summed E-state index contributed by atoms with van der Waals surface area (Å²) in [7, 11) is 0. The lowest BCUT2D eigenvalue weighted by atomic mass is 9.93. The van der Waals surface area contributed by atoms with Gasteiger partial charge in [-0.05, 0) is 0 Å². The van der Waals surface area contributed by atoms with Crippen LogP contribution >= 0.6 is 0 Å². The predicted molar refractivity (Wildman–Crippen MR) is 93.2 cm³/mol. The van der Waals surface area contributed by atoms with Crippen molar-refractivity contribution in [3.05, 3.63) is 12.2 Å². The maximum Gasteiger partial charge on any atom is 0.339 e. The van der Waals surface area contributed by atoms with Crippen LogP contribution in [0, 0.1) is 5.41 Å². The summed E-state index contributed by atoms with van der Waals surface area (Å²) in [6.45, 7) is 0.542. The molecule has 0 bridgehead atoms. The van der Waals surface area contributed by atoms with E-state index in [1.165, 1.54) is 0 Å². The number of carbonyl (C=O) groups is 4. The molecule has 0 saturated carbocycles. The van der Waals surface area contributed by atoms with Gasteiger partial charge in [-0.15, -0.1) is 0 Å². The fourth-order valence-corrected chi connectivity index (χ4v) is 0.401. The summed E-state index contributed by atoms with van der Waals surface area (Å²) in [4.78, 5) is 54.7. The summed E-state index contributed by atoms with van der Waals surface area (Å²) in [5.41, 5.74) is -1.11. The van der Waals surface area contributed by atoms with Crippen molar-refractivity contribution in [3.63, 3.8) is 0 Å². The largest absolute Gasteiger partial charge is 0.481 e. The molecule has 0 unspecified atom stereocenters. The number of carbonyl (C=O) groups excluding carboxylic acids is 2. The van der Waals surface area contributed by atoms with E-state index in [1.807, 2.05) is 0 Å². The lowest BCUT2D eigenvalue weighted by molar-refractivity contribution is -0.135. The molecule has 168 valence electrons. The molecule has 0 spiro atoms. The number of aliphatic hydroxyl groups excluding tert-OH is 4. The lowest BCUT2D eigenvalue weighted by Gasteiger charge is -2.23. The molecular formula is C15H24O14. The number of rotatable bonds is 6. The summed E-state index contributed by atoms with van der Waals surface area (Å²) in [5, 5.41) is 64.0. The Morgan fingerprint density at radius 1 is 0.655 bits per heavy atom. The second kappa shape index (κ2) is 26.8. The third-order valence-electron chi connectivity index (χ3n) is 1.71. The summed E-state index contributed by atoms with van der Waals surface area (Å²) < 4.78 is 0. The minimum atomic E-state index is -1.26. The van der Waals surface area contributed by atoms with E-state index >= 15 is 0 Å². The Kier molecular flexibility index (Phi) is 33.8. The highest BCUT2D eigenvalue weighted by Crippen LogP contribution is 2.11. The maximum atomic E-state index is 9.28. The molecule has 0 radical (unpaired) electrons. The van der Waals surface area contributed by atoms with Gasteiger partial charge in [0.1, 0.15) is 24.0 Å². The van der Waals surface area contributed by atoms with Crippen molar-refractivity contribution in [3.8, 4) is 0 Å². The highest BCUT2D eigenvalue weighted by Gasteiger charge is 2.26. The fourth-order valence-electron chi connectivity index (χ4n) is 0.401. The molecule has 0 aromatic carbocycles. The van der Waals surface area contributed by atoms with Crippen LogP contribution in [0.4, 0.5) is 0 Å². The normalized spacial score (nSPS) is 7.93. The van der Waals surface area contributed by atoms with Crippen molar-refractivity contribution in [2.75, 3.05) is 26.4 Å². The Morgan fingerprint density at radius 3 is 0.828 bits per heavy atom. The topological polar surface area (TPSA) is 264 Å². The molecule has 8 N–H and O–H groups in total.